The number of nitrogens with one attached hydrogen (secondary N) is 1. The molecule has 0 saturated heterocycles. The molecule has 0 saturated carbocycles. The Morgan fingerprint density at radius 3 is 2.79 bits per heavy atom. The number of nitroso groups, excluding NO2 is 1. The van der Waals surface area contributed by atoms with Crippen LogP contribution < -0.4 is 16.1 Å². The predicted molar refractivity (Wildman–Crippen MR) is 119 cm³/mol. The van der Waals surface area contributed by atoms with E-state index in [1.165, 1.54) is 24.9 Å². The van der Waals surface area contributed by atoms with E-state index >= 15 is 0 Å². The van der Waals surface area contributed by atoms with Crippen molar-refractivity contribution < 1.29 is 13.9 Å². The smallest absolute Gasteiger partial charge is 0.413 e. The number of halogens is 1. The van der Waals surface area contributed by atoms with Crippen LogP contribution in [-0.2, 0) is 11.3 Å². The van der Waals surface area contributed by atoms with Crippen molar-refractivity contribution in [3.05, 3.63) is 58.9 Å². The molecule has 0 aliphatic rings. The van der Waals surface area contributed by atoms with Crippen LogP contribution >= 0.6 is 0 Å². The van der Waals surface area contributed by atoms with Crippen LogP contribution in [0.2, 0.25) is 0 Å². The van der Waals surface area contributed by atoms with Crippen molar-refractivity contribution in [3.8, 4) is 11.5 Å². The summed E-state index contributed by atoms with van der Waals surface area (Å²) in [4.78, 5) is 36.8. The van der Waals surface area contributed by atoms with E-state index in [1.807, 2.05) is 0 Å². The van der Waals surface area contributed by atoms with Gasteiger partial charge in [-0.3, -0.25) is 4.90 Å². The summed E-state index contributed by atoms with van der Waals surface area (Å²) in [6.45, 7) is 0.111. The molecular weight excluding hydrogens is 433 g/mol. The Hall–Kier alpha value is -4.68. The Kier molecular flexibility index (Phi) is 5.76. The van der Waals surface area contributed by atoms with E-state index in [0.717, 1.165) is 4.90 Å². The highest BCUT2D eigenvalue weighted by molar-refractivity contribution is 5.96. The van der Waals surface area contributed by atoms with E-state index in [4.69, 9.17) is 5.73 Å². The third-order valence-electron chi connectivity index (χ3n) is 4.84. The van der Waals surface area contributed by atoms with Gasteiger partial charge in [0.05, 0.1) is 24.3 Å². The summed E-state index contributed by atoms with van der Waals surface area (Å²) < 4.78 is 20.4. The van der Waals surface area contributed by atoms with Gasteiger partial charge < -0.3 is 10.5 Å². The summed E-state index contributed by atoms with van der Waals surface area (Å²) in [6, 6.07) is 9.79. The molecule has 4 rings (SSSR count). The van der Waals surface area contributed by atoms with Gasteiger partial charge in [-0.25, -0.2) is 34.2 Å². The monoisotopic (exact) mass is 451 g/mol. The van der Waals surface area contributed by atoms with Crippen LogP contribution in [0, 0.1) is 10.7 Å². The van der Waals surface area contributed by atoms with Crippen LogP contribution in [0.1, 0.15) is 5.56 Å². The number of fused-ring (bicyclic) bond motifs is 1. The van der Waals surface area contributed by atoms with Crippen molar-refractivity contribution in [3.63, 3.8) is 0 Å². The van der Waals surface area contributed by atoms with E-state index < -0.39 is 6.09 Å². The minimum absolute atomic E-state index is 0.00146. The van der Waals surface area contributed by atoms with Gasteiger partial charge in [0, 0.05) is 18.8 Å². The molecule has 33 heavy (non-hydrogen) atoms. The zero-order valence-corrected chi connectivity index (χ0v) is 17.6. The van der Waals surface area contributed by atoms with Crippen LogP contribution in [0.15, 0.2) is 47.9 Å². The Balaban J connectivity index is 1.86. The molecule has 3 aromatic heterocycles. The summed E-state index contributed by atoms with van der Waals surface area (Å²) in [5, 5.41) is 7.74. The molecule has 0 atom stereocenters. The first-order chi connectivity index (χ1) is 15.9. The number of nitrogens with two attached hydrogens (primary N) is 1. The SMILES string of the molecule is COC(=O)N(C)c1c(N)nc(-c2nn(Cc3ccccc3F)c3ncccc23)nc1NN=O. The van der Waals surface area contributed by atoms with Crippen LogP contribution in [-0.4, -0.2) is 45.0 Å². The number of methoxy groups -OCH3 is 1. The number of nitrogen functional groups attached to an aromatic ring is 1. The molecule has 168 valence electrons. The topological polar surface area (TPSA) is 154 Å². The number of nitrogens with zero attached hydrogens (tertiary/aromatic N) is 7. The molecular formula is C20H18FN9O3. The average Bonchev–Trinajstić information content (AvgIpc) is 3.18. The van der Waals surface area contributed by atoms with Gasteiger partial charge in [0.25, 0.3) is 0 Å². The molecule has 0 radical (unpaired) electrons. The molecule has 12 nitrogen and oxygen atoms in total. The van der Waals surface area contributed by atoms with Crippen molar-refractivity contribution in [2.24, 2.45) is 5.29 Å². The number of ether oxygens (including phenoxy) is 1. The number of hydrogen-bond donors (Lipinski definition) is 2. The van der Waals surface area contributed by atoms with Crippen LogP contribution in [0.25, 0.3) is 22.6 Å². The van der Waals surface area contributed by atoms with Crippen LogP contribution in [0.4, 0.5) is 26.5 Å². The molecule has 0 fully saturated rings. The first-order valence-electron chi connectivity index (χ1n) is 9.57. The van der Waals surface area contributed by atoms with E-state index in [0.29, 0.717) is 22.3 Å². The number of amides is 1. The van der Waals surface area contributed by atoms with Gasteiger partial charge >= 0.3 is 6.09 Å². The molecule has 3 N–H and O–H groups in total. The van der Waals surface area contributed by atoms with Crippen molar-refractivity contribution in [1.82, 2.24) is 24.7 Å². The Morgan fingerprint density at radius 1 is 1.27 bits per heavy atom. The molecule has 1 amide bonds. The second-order valence-corrected chi connectivity index (χ2v) is 6.83. The summed E-state index contributed by atoms with van der Waals surface area (Å²) in [7, 11) is 2.57. The first-order valence-corrected chi connectivity index (χ1v) is 9.57. The zero-order chi connectivity index (χ0) is 23.5. The van der Waals surface area contributed by atoms with E-state index in [2.05, 4.69) is 35.5 Å². The van der Waals surface area contributed by atoms with Gasteiger partial charge in [-0.2, -0.15) is 5.10 Å². The molecule has 0 spiro atoms. The lowest BCUT2D eigenvalue weighted by Crippen LogP contribution is -2.28. The highest BCUT2D eigenvalue weighted by Gasteiger charge is 2.24. The quantitative estimate of drug-likeness (QED) is 0.333. The minimum atomic E-state index is -0.754. The molecule has 3 heterocycles. The zero-order valence-electron chi connectivity index (χ0n) is 17.6. The lowest BCUT2D eigenvalue weighted by Gasteiger charge is -2.19. The summed E-state index contributed by atoms with van der Waals surface area (Å²) >= 11 is 0. The number of aromatic nitrogens is 5. The number of benzene rings is 1. The molecule has 0 bridgehead atoms. The third kappa shape index (κ3) is 3.98. The number of pyridine rings is 1. The number of carbonyl (C=O) groups is 1. The van der Waals surface area contributed by atoms with Gasteiger partial charge in [0.15, 0.2) is 23.1 Å². The third-order valence-corrected chi connectivity index (χ3v) is 4.84. The normalized spacial score (nSPS) is 10.8. The summed E-state index contributed by atoms with van der Waals surface area (Å²) in [5.41, 5.74) is 9.45. The van der Waals surface area contributed by atoms with Gasteiger partial charge in [-0.15, -0.1) is 4.91 Å². The average molecular weight is 451 g/mol. The Labute approximate surface area is 186 Å². The van der Waals surface area contributed by atoms with Crippen molar-refractivity contribution >= 4 is 34.4 Å². The van der Waals surface area contributed by atoms with Crippen molar-refractivity contribution in [2.75, 3.05) is 30.2 Å². The highest BCUT2D eigenvalue weighted by atomic mass is 19.1. The molecule has 1 aromatic carbocycles. The largest absolute Gasteiger partial charge is 0.452 e. The van der Waals surface area contributed by atoms with Crippen molar-refractivity contribution in [1.29, 1.82) is 0 Å². The van der Waals surface area contributed by atoms with E-state index in [1.54, 1.807) is 36.5 Å². The minimum Gasteiger partial charge on any atom is -0.452 e. The number of carbonyl (C=O) groups excluding carboxylic acids is 1. The maximum atomic E-state index is 14.2. The standard InChI is InChI=1S/C20H18FN9O3/c1-29(20(31)33-2)15-16(22)24-17(25-18(15)26-28-32)14-12-7-5-9-23-19(12)30(27-14)10-11-6-3-4-8-13(11)21/h3-9H,10H2,1-2H3,(H3,22,24,25,26,32). The summed E-state index contributed by atoms with van der Waals surface area (Å²) in [5.74, 6) is -0.579. The second kappa shape index (κ2) is 8.82. The fourth-order valence-corrected chi connectivity index (χ4v) is 3.33. The summed E-state index contributed by atoms with van der Waals surface area (Å²) in [6.07, 6.45) is 0.828. The molecule has 4 aromatic rings. The number of hydrogen-bond acceptors (Lipinski definition) is 9. The van der Waals surface area contributed by atoms with Gasteiger partial charge in [-0.05, 0) is 18.2 Å². The lowest BCUT2D eigenvalue weighted by atomic mass is 10.2. The van der Waals surface area contributed by atoms with Gasteiger partial charge in [0.2, 0.25) is 0 Å². The van der Waals surface area contributed by atoms with E-state index in [-0.39, 0.29) is 35.5 Å². The lowest BCUT2D eigenvalue weighted by molar-refractivity contribution is 0.180. The highest BCUT2D eigenvalue weighted by Crippen LogP contribution is 2.33. The number of rotatable bonds is 6. The second-order valence-electron chi connectivity index (χ2n) is 6.83. The van der Waals surface area contributed by atoms with E-state index in [9.17, 15) is 14.1 Å². The molecule has 0 aliphatic heterocycles. The first kappa shape index (κ1) is 21.5. The van der Waals surface area contributed by atoms with Crippen molar-refractivity contribution in [2.45, 2.75) is 6.54 Å². The number of anilines is 3. The predicted octanol–water partition coefficient (Wildman–Crippen LogP) is 2.95. The maximum Gasteiger partial charge on any atom is 0.413 e. The fourth-order valence-electron chi connectivity index (χ4n) is 3.33. The van der Waals surface area contributed by atoms with Gasteiger partial charge in [-0.1, -0.05) is 18.2 Å². The van der Waals surface area contributed by atoms with Crippen LogP contribution in [0.5, 0.6) is 0 Å². The Morgan fingerprint density at radius 2 is 2.06 bits per heavy atom. The molecule has 0 unspecified atom stereocenters. The molecule has 0 aliphatic carbocycles. The maximum absolute atomic E-state index is 14.2. The molecule has 13 heteroatoms. The van der Waals surface area contributed by atoms with Crippen LogP contribution in [0.3, 0.4) is 0 Å². The fraction of sp³-hybridized carbons (Fsp3) is 0.150. The Bertz CT molecular complexity index is 1360. The van der Waals surface area contributed by atoms with Gasteiger partial charge in [0.1, 0.15) is 17.2 Å².